The molecule has 0 saturated heterocycles. The molecule has 0 aromatic heterocycles. The average molecular weight is 337 g/mol. The molecule has 1 nitrogen and oxygen atoms in total. The van der Waals surface area contributed by atoms with Gasteiger partial charge in [0.2, 0.25) is 0 Å². The fourth-order valence-electron chi connectivity index (χ4n) is 2.96. The summed E-state index contributed by atoms with van der Waals surface area (Å²) < 4.78 is 2.52. The summed E-state index contributed by atoms with van der Waals surface area (Å²) in [6, 6.07) is 26.5. The van der Waals surface area contributed by atoms with Crippen LogP contribution in [0.5, 0.6) is 0 Å². The molecule has 0 fully saturated rings. The van der Waals surface area contributed by atoms with Crippen LogP contribution in [0.2, 0.25) is 0 Å². The van der Waals surface area contributed by atoms with Gasteiger partial charge < -0.3 is 0 Å². The monoisotopic (exact) mass is 338 g/mol. The van der Waals surface area contributed by atoms with Gasteiger partial charge in [0.1, 0.15) is 0 Å². The van der Waals surface area contributed by atoms with Crippen molar-refractivity contribution in [1.29, 1.82) is 0 Å². The number of aliphatic hydroxyl groups is 1. The van der Waals surface area contributed by atoms with Gasteiger partial charge in [-0.15, -0.1) is 0 Å². The maximum absolute atomic E-state index is 11.7. The number of benzene rings is 3. The fraction of sp³-hybridized carbons (Fsp3) is 0.0526. The second-order valence-electron chi connectivity index (χ2n) is 5.17. The van der Waals surface area contributed by atoms with E-state index in [1.165, 1.54) is 8.92 Å². The van der Waals surface area contributed by atoms with E-state index in [9.17, 15) is 5.11 Å². The van der Waals surface area contributed by atoms with Crippen molar-refractivity contribution in [1.82, 2.24) is 0 Å². The Morgan fingerprint density at radius 2 is 1.10 bits per heavy atom. The zero-order chi connectivity index (χ0) is 14.3. The minimum absolute atomic E-state index is 0.244. The van der Waals surface area contributed by atoms with Crippen molar-refractivity contribution in [3.8, 4) is 0 Å². The zero-order valence-electron chi connectivity index (χ0n) is 11.4. The Balaban J connectivity index is 2.06. The molecular weight excluding hydrogens is 323 g/mol. The first kappa shape index (κ1) is 12.8. The number of rotatable bonds is 1. The van der Waals surface area contributed by atoms with Crippen molar-refractivity contribution >= 4 is 23.9 Å². The van der Waals surface area contributed by atoms with E-state index < -0.39 is 5.60 Å². The number of hydrogen-bond acceptors (Lipinski definition) is 1. The predicted molar refractivity (Wildman–Crippen MR) is 86.4 cm³/mol. The Hall–Kier alpha value is -1.86. The maximum atomic E-state index is 11.7. The second kappa shape index (κ2) is 4.85. The molecule has 21 heavy (non-hydrogen) atoms. The van der Waals surface area contributed by atoms with Crippen LogP contribution in [0.4, 0.5) is 0 Å². The van der Waals surface area contributed by atoms with Gasteiger partial charge in [-0.05, 0) is 0 Å². The zero-order valence-corrected chi connectivity index (χ0v) is 13.1. The molecule has 3 aromatic carbocycles. The van der Waals surface area contributed by atoms with Gasteiger partial charge in [-0.2, -0.15) is 0 Å². The van der Waals surface area contributed by atoms with E-state index in [0.29, 0.717) is 0 Å². The van der Waals surface area contributed by atoms with E-state index in [2.05, 4.69) is 36.4 Å². The molecule has 0 aliphatic carbocycles. The van der Waals surface area contributed by atoms with Crippen LogP contribution in [-0.4, -0.2) is 20.1 Å². The average Bonchev–Trinajstić information content (AvgIpc) is 2.56. The summed E-state index contributed by atoms with van der Waals surface area (Å²) in [5, 5.41) is 11.7. The fourth-order valence-corrected chi connectivity index (χ4v) is 5.44. The SMILES string of the molecule is OC1(c2ccccc2)c2ccccc2[Se]c2ccccc21. The Labute approximate surface area is 130 Å². The van der Waals surface area contributed by atoms with Crippen LogP contribution in [0.1, 0.15) is 16.7 Å². The predicted octanol–water partition coefficient (Wildman–Crippen LogP) is 1.94. The molecule has 1 aliphatic heterocycles. The first-order valence-corrected chi connectivity index (χ1v) is 8.66. The molecule has 0 saturated carbocycles. The molecular formula is C19H14OSe. The molecule has 3 aromatic rings. The van der Waals surface area contributed by atoms with Gasteiger partial charge >= 0.3 is 130 Å². The summed E-state index contributed by atoms with van der Waals surface area (Å²) in [5.41, 5.74) is 1.93. The summed E-state index contributed by atoms with van der Waals surface area (Å²) in [5.74, 6) is 0. The normalized spacial score (nSPS) is 15.1. The van der Waals surface area contributed by atoms with Gasteiger partial charge in [0.25, 0.3) is 0 Å². The second-order valence-corrected chi connectivity index (χ2v) is 7.44. The Kier molecular flexibility index (Phi) is 2.97. The topological polar surface area (TPSA) is 20.2 Å². The van der Waals surface area contributed by atoms with Crippen LogP contribution in [-0.2, 0) is 5.60 Å². The molecule has 0 amide bonds. The van der Waals surface area contributed by atoms with Gasteiger partial charge in [-0.1, -0.05) is 0 Å². The van der Waals surface area contributed by atoms with Crippen molar-refractivity contribution < 1.29 is 5.11 Å². The quantitative estimate of drug-likeness (QED) is 0.673. The van der Waals surface area contributed by atoms with Crippen molar-refractivity contribution in [3.63, 3.8) is 0 Å². The molecule has 0 radical (unpaired) electrons. The van der Waals surface area contributed by atoms with Crippen LogP contribution in [0.25, 0.3) is 0 Å². The van der Waals surface area contributed by atoms with E-state index in [1.54, 1.807) is 0 Å². The summed E-state index contributed by atoms with van der Waals surface area (Å²) in [7, 11) is 0. The molecule has 0 atom stereocenters. The van der Waals surface area contributed by atoms with Gasteiger partial charge in [-0.3, -0.25) is 0 Å². The van der Waals surface area contributed by atoms with Crippen molar-refractivity contribution in [2.45, 2.75) is 5.60 Å². The van der Waals surface area contributed by atoms with Crippen LogP contribution in [0.15, 0.2) is 78.9 Å². The number of fused-ring (bicyclic) bond motifs is 2. The van der Waals surface area contributed by atoms with E-state index in [-0.39, 0.29) is 15.0 Å². The van der Waals surface area contributed by atoms with Gasteiger partial charge in [-0.25, -0.2) is 0 Å². The van der Waals surface area contributed by atoms with Crippen molar-refractivity contribution in [2.75, 3.05) is 0 Å². The van der Waals surface area contributed by atoms with E-state index in [0.717, 1.165) is 16.7 Å². The van der Waals surface area contributed by atoms with Gasteiger partial charge in [0, 0.05) is 0 Å². The van der Waals surface area contributed by atoms with Crippen molar-refractivity contribution in [2.24, 2.45) is 0 Å². The molecule has 102 valence electrons. The number of hydrogen-bond donors (Lipinski definition) is 1. The van der Waals surface area contributed by atoms with Crippen LogP contribution in [0.3, 0.4) is 0 Å². The summed E-state index contributed by atoms with van der Waals surface area (Å²) in [6.45, 7) is 0. The van der Waals surface area contributed by atoms with Crippen LogP contribution in [0, 0.1) is 0 Å². The third kappa shape index (κ3) is 1.88. The summed E-state index contributed by atoms with van der Waals surface area (Å²) in [4.78, 5) is 0. The third-order valence-corrected chi connectivity index (χ3v) is 6.38. The summed E-state index contributed by atoms with van der Waals surface area (Å²) in [6.07, 6.45) is 0. The minimum atomic E-state index is -1.05. The van der Waals surface area contributed by atoms with E-state index >= 15 is 0 Å². The van der Waals surface area contributed by atoms with E-state index in [1.807, 2.05) is 42.5 Å². The molecule has 1 aliphatic rings. The first-order valence-electron chi connectivity index (χ1n) is 6.95. The van der Waals surface area contributed by atoms with Gasteiger partial charge in [0.15, 0.2) is 0 Å². The van der Waals surface area contributed by atoms with E-state index in [4.69, 9.17) is 0 Å². The molecule has 0 unspecified atom stereocenters. The Bertz CT molecular complexity index is 750. The third-order valence-electron chi connectivity index (χ3n) is 3.97. The molecule has 4 rings (SSSR count). The first-order chi connectivity index (χ1) is 10.3. The molecule has 1 heterocycles. The van der Waals surface area contributed by atoms with Gasteiger partial charge in [0.05, 0.1) is 0 Å². The summed E-state index contributed by atoms with van der Waals surface area (Å²) >= 11 is 0.244. The molecule has 2 heteroatoms. The van der Waals surface area contributed by atoms with Crippen LogP contribution < -0.4 is 8.92 Å². The standard InChI is InChI=1S/C19H14OSe/c20-19(14-8-2-1-3-9-14)15-10-4-6-12-17(15)21-18-13-7-5-11-16(18)19/h1-13,20H. The Morgan fingerprint density at radius 1 is 0.619 bits per heavy atom. The molecule has 1 N–H and O–H groups in total. The van der Waals surface area contributed by atoms with Crippen LogP contribution >= 0.6 is 0 Å². The van der Waals surface area contributed by atoms with Crippen molar-refractivity contribution in [3.05, 3.63) is 95.6 Å². The molecule has 0 bridgehead atoms. The Morgan fingerprint density at radius 3 is 1.67 bits per heavy atom. The molecule has 0 spiro atoms.